The number of methoxy groups -OCH3 is 1. The third kappa shape index (κ3) is 9.25. The zero-order chi connectivity index (χ0) is 31.6. The highest BCUT2D eigenvalue weighted by atomic mass is 16.6. The first kappa shape index (κ1) is 33.0. The summed E-state index contributed by atoms with van der Waals surface area (Å²) in [6.45, 7) is 5.41. The Morgan fingerprint density at radius 3 is 2.44 bits per heavy atom. The third-order valence-electron chi connectivity index (χ3n) is 6.75. The minimum absolute atomic E-state index is 0.0529. The van der Waals surface area contributed by atoms with Crippen molar-refractivity contribution >= 4 is 29.6 Å². The molecular formula is C30H40N6O7. The summed E-state index contributed by atoms with van der Waals surface area (Å²) in [7, 11) is 1.10. The van der Waals surface area contributed by atoms with Crippen LogP contribution in [0, 0.1) is 5.92 Å². The highest BCUT2D eigenvalue weighted by molar-refractivity contribution is 5.91. The lowest BCUT2D eigenvalue weighted by Crippen LogP contribution is -2.60. The molecule has 5 N–H and O–H groups in total. The Morgan fingerprint density at radius 1 is 1.12 bits per heavy atom. The van der Waals surface area contributed by atoms with E-state index in [9.17, 15) is 24.3 Å². The second-order valence-corrected chi connectivity index (χ2v) is 10.7. The predicted molar refractivity (Wildman–Crippen MR) is 158 cm³/mol. The van der Waals surface area contributed by atoms with E-state index in [0.29, 0.717) is 17.8 Å². The van der Waals surface area contributed by atoms with E-state index in [1.165, 1.54) is 4.90 Å². The second kappa shape index (κ2) is 15.1. The van der Waals surface area contributed by atoms with Gasteiger partial charge in [-0.2, -0.15) is 0 Å². The average molecular weight is 597 g/mol. The first-order chi connectivity index (χ1) is 20.4. The van der Waals surface area contributed by atoms with Crippen LogP contribution in [-0.4, -0.2) is 70.5 Å². The van der Waals surface area contributed by atoms with Crippen molar-refractivity contribution in [1.29, 1.82) is 0 Å². The minimum Gasteiger partial charge on any atom is -0.465 e. The average Bonchev–Trinajstić information content (AvgIpc) is 3.42. The molecule has 232 valence electrons. The monoisotopic (exact) mass is 596 g/mol. The summed E-state index contributed by atoms with van der Waals surface area (Å²) in [6, 6.07) is 10.4. The lowest BCUT2D eigenvalue weighted by atomic mass is 9.99. The van der Waals surface area contributed by atoms with E-state index in [1.807, 2.05) is 19.9 Å². The van der Waals surface area contributed by atoms with Crippen molar-refractivity contribution in [3.8, 4) is 0 Å². The van der Waals surface area contributed by atoms with Gasteiger partial charge in [0, 0.05) is 30.9 Å². The number of ether oxygens (including phenoxy) is 2. The van der Waals surface area contributed by atoms with Crippen molar-refractivity contribution in [2.24, 2.45) is 11.7 Å². The number of esters is 1. The van der Waals surface area contributed by atoms with Crippen LogP contribution in [0.2, 0.25) is 0 Å². The number of amides is 3. The van der Waals surface area contributed by atoms with Crippen molar-refractivity contribution in [2.45, 2.75) is 64.4 Å². The number of nitrogens with zero attached hydrogens (tertiary/aromatic N) is 3. The molecule has 0 fully saturated rings. The van der Waals surface area contributed by atoms with Gasteiger partial charge in [-0.1, -0.05) is 44.2 Å². The fourth-order valence-electron chi connectivity index (χ4n) is 4.35. The molecule has 0 radical (unpaired) electrons. The van der Waals surface area contributed by atoms with Crippen molar-refractivity contribution in [3.05, 3.63) is 72.3 Å². The topological polar surface area (TPSA) is 176 Å². The van der Waals surface area contributed by atoms with Crippen molar-refractivity contribution in [1.82, 2.24) is 20.5 Å². The number of pyridine rings is 1. The van der Waals surface area contributed by atoms with E-state index in [-0.39, 0.29) is 37.9 Å². The Kier molecular flexibility index (Phi) is 11.6. The Hall–Kier alpha value is -4.49. The van der Waals surface area contributed by atoms with Gasteiger partial charge in [0.2, 0.25) is 17.5 Å². The van der Waals surface area contributed by atoms with Gasteiger partial charge in [-0.05, 0) is 37.0 Å². The van der Waals surface area contributed by atoms with Gasteiger partial charge in [-0.15, -0.1) is 0 Å². The summed E-state index contributed by atoms with van der Waals surface area (Å²) in [4.78, 5) is 59.2. The number of benzene rings is 1. The van der Waals surface area contributed by atoms with Gasteiger partial charge >= 0.3 is 12.1 Å². The maximum atomic E-state index is 13.7. The van der Waals surface area contributed by atoms with Crippen molar-refractivity contribution < 1.29 is 33.8 Å². The quantitative estimate of drug-likeness (QED) is 0.198. The zero-order valence-corrected chi connectivity index (χ0v) is 24.9. The van der Waals surface area contributed by atoms with Crippen LogP contribution in [0.3, 0.4) is 0 Å². The largest absolute Gasteiger partial charge is 0.465 e. The summed E-state index contributed by atoms with van der Waals surface area (Å²) in [5.41, 5.74) is 5.33. The molecule has 0 aliphatic carbocycles. The molecule has 0 saturated carbocycles. The zero-order valence-electron chi connectivity index (χ0n) is 24.9. The molecule has 3 amide bonds. The van der Waals surface area contributed by atoms with Crippen LogP contribution < -0.4 is 21.3 Å². The molecule has 1 aliphatic heterocycles. The number of aliphatic hydroxyl groups is 1. The standard InChI is InChI=1S/C30H40N6O7/c1-20(2)12-13-30(41,28(39)42-4)34-26(37)25(33-29(40)43-18-22-9-6-5-7-10-22)15-24-17-35(27(38)21(3)31)19-36(24)23-11-8-14-32-16-23/h5-11,14,16-17,20-21,25,41H,12-13,15,18-19,31H2,1-4H3,(H,33,40)(H,34,37)/t21-,25-,30-/m0/s1. The fraction of sp³-hybridized carbons (Fsp3) is 0.433. The molecular weight excluding hydrogens is 556 g/mol. The molecule has 13 nitrogen and oxygen atoms in total. The molecule has 3 atom stereocenters. The molecule has 1 aromatic carbocycles. The Balaban J connectivity index is 1.91. The number of hydrogen-bond acceptors (Lipinski definition) is 10. The lowest BCUT2D eigenvalue weighted by molar-refractivity contribution is -0.170. The van der Waals surface area contributed by atoms with Crippen LogP contribution in [0.5, 0.6) is 0 Å². The first-order valence-corrected chi connectivity index (χ1v) is 14.0. The molecule has 0 spiro atoms. The summed E-state index contributed by atoms with van der Waals surface area (Å²) in [5.74, 6) is -2.15. The highest BCUT2D eigenvalue weighted by Gasteiger charge is 2.41. The molecule has 1 aromatic heterocycles. The van der Waals surface area contributed by atoms with E-state index in [0.717, 1.165) is 12.7 Å². The number of nitrogens with one attached hydrogen (secondary N) is 2. The number of nitrogens with two attached hydrogens (primary N) is 1. The van der Waals surface area contributed by atoms with Crippen LogP contribution in [0.25, 0.3) is 0 Å². The van der Waals surface area contributed by atoms with Crippen LogP contribution in [0.15, 0.2) is 66.8 Å². The van der Waals surface area contributed by atoms with Crippen LogP contribution in [0.4, 0.5) is 10.5 Å². The molecule has 0 unspecified atom stereocenters. The normalized spacial score (nSPS) is 15.7. The van der Waals surface area contributed by atoms with Crippen molar-refractivity contribution in [2.75, 3.05) is 18.7 Å². The summed E-state index contributed by atoms with van der Waals surface area (Å²) >= 11 is 0. The molecule has 0 saturated heterocycles. The molecule has 13 heteroatoms. The molecule has 1 aliphatic rings. The second-order valence-electron chi connectivity index (χ2n) is 10.7. The molecule has 2 aromatic rings. The van der Waals surface area contributed by atoms with Gasteiger partial charge in [0.05, 0.1) is 25.0 Å². The first-order valence-electron chi connectivity index (χ1n) is 14.0. The minimum atomic E-state index is -2.34. The van der Waals surface area contributed by atoms with Crippen LogP contribution >= 0.6 is 0 Å². The molecule has 3 rings (SSSR count). The van der Waals surface area contributed by atoms with Gasteiger partial charge < -0.3 is 35.8 Å². The Labute approximate surface area is 251 Å². The van der Waals surface area contributed by atoms with E-state index in [1.54, 1.807) is 66.8 Å². The smallest absolute Gasteiger partial charge is 0.408 e. The molecule has 2 heterocycles. The highest BCUT2D eigenvalue weighted by Crippen LogP contribution is 2.28. The van der Waals surface area contributed by atoms with E-state index in [2.05, 4.69) is 15.6 Å². The summed E-state index contributed by atoms with van der Waals surface area (Å²) in [5, 5.41) is 16.1. The van der Waals surface area contributed by atoms with Gasteiger partial charge in [-0.3, -0.25) is 19.5 Å². The SMILES string of the molecule is COC(=O)[C@@](O)(CCC(C)C)NC(=O)[C@H](CC1=CN(C(=O)[C@H](C)N)CN1c1cccnc1)NC(=O)OCc1ccccc1. The number of anilines is 1. The number of hydrogen-bond donors (Lipinski definition) is 4. The Morgan fingerprint density at radius 2 is 1.84 bits per heavy atom. The molecule has 43 heavy (non-hydrogen) atoms. The molecule has 0 bridgehead atoms. The van der Waals surface area contributed by atoms with Gasteiger partial charge in [-0.25, -0.2) is 9.59 Å². The maximum Gasteiger partial charge on any atom is 0.408 e. The number of rotatable bonds is 13. The van der Waals surface area contributed by atoms with E-state index in [4.69, 9.17) is 15.2 Å². The van der Waals surface area contributed by atoms with E-state index >= 15 is 0 Å². The van der Waals surface area contributed by atoms with E-state index < -0.39 is 35.8 Å². The maximum absolute atomic E-state index is 13.7. The number of aromatic nitrogens is 1. The Bertz CT molecular complexity index is 1290. The lowest BCUT2D eigenvalue weighted by Gasteiger charge is -2.30. The predicted octanol–water partition coefficient (Wildman–Crippen LogP) is 1.98. The van der Waals surface area contributed by atoms with Crippen molar-refractivity contribution in [3.63, 3.8) is 0 Å². The summed E-state index contributed by atoms with van der Waals surface area (Å²) in [6.07, 6.45) is 3.97. The van der Waals surface area contributed by atoms with Gasteiger partial charge in [0.25, 0.3) is 0 Å². The van der Waals surface area contributed by atoms with Gasteiger partial charge in [0.1, 0.15) is 19.3 Å². The third-order valence-corrected chi connectivity index (χ3v) is 6.75. The van der Waals surface area contributed by atoms with Crippen LogP contribution in [0.1, 0.15) is 45.6 Å². The van der Waals surface area contributed by atoms with Gasteiger partial charge in [0.15, 0.2) is 0 Å². The number of carbonyl (C=O) groups excluding carboxylic acids is 4. The summed E-state index contributed by atoms with van der Waals surface area (Å²) < 4.78 is 10.1. The van der Waals surface area contributed by atoms with Crippen LogP contribution in [-0.2, 0) is 30.5 Å². The number of carbonyl (C=O) groups is 4. The number of alkyl carbamates (subject to hydrolysis) is 1. The fourth-order valence-corrected chi connectivity index (χ4v) is 4.35.